The predicted octanol–water partition coefficient (Wildman–Crippen LogP) is 2.55. The SMILES string of the molecule is Cc1cccc2nc(COC(=O)C[C@H]3Sc4ccccc4NC3=O)cc(=O)n12. The van der Waals surface area contributed by atoms with Gasteiger partial charge in [-0.1, -0.05) is 18.2 Å². The van der Waals surface area contributed by atoms with Gasteiger partial charge < -0.3 is 10.1 Å². The maximum atomic E-state index is 12.3. The van der Waals surface area contributed by atoms with Crippen LogP contribution in [0.3, 0.4) is 0 Å². The number of anilines is 1. The van der Waals surface area contributed by atoms with E-state index in [4.69, 9.17) is 4.74 Å². The number of amides is 1. The fourth-order valence-electron chi connectivity index (χ4n) is 3.03. The summed E-state index contributed by atoms with van der Waals surface area (Å²) in [6, 6.07) is 14.1. The number of carbonyl (C=O) groups excluding carboxylic acids is 2. The number of nitrogens with zero attached hydrogens (tertiary/aromatic N) is 2. The van der Waals surface area contributed by atoms with Gasteiger partial charge in [0.1, 0.15) is 12.3 Å². The van der Waals surface area contributed by atoms with Gasteiger partial charge in [0.2, 0.25) is 5.91 Å². The Bertz CT molecular complexity index is 1140. The van der Waals surface area contributed by atoms with Crippen molar-refractivity contribution < 1.29 is 14.3 Å². The van der Waals surface area contributed by atoms with Gasteiger partial charge >= 0.3 is 5.97 Å². The Morgan fingerprint density at radius 1 is 1.21 bits per heavy atom. The third-order valence-electron chi connectivity index (χ3n) is 4.37. The Morgan fingerprint density at radius 3 is 2.89 bits per heavy atom. The molecule has 2 aromatic heterocycles. The summed E-state index contributed by atoms with van der Waals surface area (Å²) in [7, 11) is 0. The van der Waals surface area contributed by atoms with Gasteiger partial charge in [-0.2, -0.15) is 0 Å². The van der Waals surface area contributed by atoms with Crippen LogP contribution in [0.5, 0.6) is 0 Å². The first-order valence-electron chi connectivity index (χ1n) is 8.72. The number of ether oxygens (including phenoxy) is 1. The van der Waals surface area contributed by atoms with Crippen LogP contribution in [-0.2, 0) is 20.9 Å². The first-order chi connectivity index (χ1) is 13.5. The largest absolute Gasteiger partial charge is 0.459 e. The number of fused-ring (bicyclic) bond motifs is 2. The van der Waals surface area contributed by atoms with E-state index in [9.17, 15) is 14.4 Å². The third-order valence-corrected chi connectivity index (χ3v) is 5.65. The summed E-state index contributed by atoms with van der Waals surface area (Å²) in [4.78, 5) is 42.0. The van der Waals surface area contributed by atoms with Gasteiger partial charge in [-0.15, -0.1) is 11.8 Å². The van der Waals surface area contributed by atoms with Crippen molar-refractivity contribution in [3.8, 4) is 0 Å². The fraction of sp³-hybridized carbons (Fsp3) is 0.200. The highest BCUT2D eigenvalue weighted by atomic mass is 32.2. The van der Waals surface area contributed by atoms with Crippen molar-refractivity contribution in [1.82, 2.24) is 9.38 Å². The van der Waals surface area contributed by atoms with E-state index >= 15 is 0 Å². The fourth-order valence-corrected chi connectivity index (χ4v) is 4.12. The number of esters is 1. The average Bonchev–Trinajstić information content (AvgIpc) is 2.67. The van der Waals surface area contributed by atoms with E-state index in [0.29, 0.717) is 11.3 Å². The molecule has 1 aliphatic rings. The van der Waals surface area contributed by atoms with Gasteiger partial charge in [-0.3, -0.25) is 18.8 Å². The number of rotatable bonds is 4. The van der Waals surface area contributed by atoms with E-state index < -0.39 is 11.2 Å². The molecule has 0 fully saturated rings. The zero-order valence-electron chi connectivity index (χ0n) is 15.0. The zero-order chi connectivity index (χ0) is 19.7. The predicted molar refractivity (Wildman–Crippen MR) is 105 cm³/mol. The number of thioether (sulfide) groups is 1. The number of hydrogen-bond donors (Lipinski definition) is 1. The van der Waals surface area contributed by atoms with Crippen molar-refractivity contribution in [1.29, 1.82) is 0 Å². The number of hydrogen-bond acceptors (Lipinski definition) is 6. The minimum Gasteiger partial charge on any atom is -0.459 e. The van der Waals surface area contributed by atoms with Crippen molar-refractivity contribution in [3.63, 3.8) is 0 Å². The summed E-state index contributed by atoms with van der Waals surface area (Å²) in [6.07, 6.45) is -0.0590. The first kappa shape index (κ1) is 18.2. The van der Waals surface area contributed by atoms with Crippen molar-refractivity contribution in [3.05, 3.63) is 70.3 Å². The van der Waals surface area contributed by atoms with Gasteiger partial charge in [-0.25, -0.2) is 4.98 Å². The van der Waals surface area contributed by atoms with Crippen molar-refractivity contribution in [2.45, 2.75) is 30.1 Å². The highest BCUT2D eigenvalue weighted by Crippen LogP contribution is 2.36. The molecule has 1 N–H and O–H groups in total. The normalized spacial score (nSPS) is 15.8. The second-order valence-corrected chi connectivity index (χ2v) is 7.65. The highest BCUT2D eigenvalue weighted by molar-refractivity contribution is 8.01. The molecule has 1 amide bonds. The Kier molecular flexibility index (Phi) is 4.87. The molecule has 3 heterocycles. The Morgan fingerprint density at radius 2 is 2.04 bits per heavy atom. The molecule has 3 aromatic rings. The number of benzene rings is 1. The van der Waals surface area contributed by atoms with E-state index in [0.717, 1.165) is 16.3 Å². The van der Waals surface area contributed by atoms with Crippen LogP contribution in [0.4, 0.5) is 5.69 Å². The minimum atomic E-state index is -0.555. The highest BCUT2D eigenvalue weighted by Gasteiger charge is 2.29. The van der Waals surface area contributed by atoms with Gasteiger partial charge in [0.25, 0.3) is 5.56 Å². The van der Waals surface area contributed by atoms with Crippen LogP contribution in [0.2, 0.25) is 0 Å². The molecular formula is C20H17N3O4S. The van der Waals surface area contributed by atoms with Crippen LogP contribution < -0.4 is 10.9 Å². The van der Waals surface area contributed by atoms with Gasteiger partial charge in [0.15, 0.2) is 0 Å². The van der Waals surface area contributed by atoms with Crippen LogP contribution in [0, 0.1) is 6.92 Å². The molecule has 0 unspecified atom stereocenters. The standard InChI is InChI=1S/C20H17N3O4S/c1-12-5-4-8-17-21-13(9-18(24)23(12)17)11-27-19(25)10-16-20(26)22-14-6-2-3-7-15(14)28-16/h2-9,16H,10-11H2,1H3,(H,22,26)/t16-/m1/s1. The van der Waals surface area contributed by atoms with Gasteiger partial charge in [-0.05, 0) is 31.2 Å². The molecule has 0 saturated heterocycles. The summed E-state index contributed by atoms with van der Waals surface area (Å²) in [5.41, 5.74) is 2.16. The van der Waals surface area contributed by atoms with E-state index in [1.165, 1.54) is 22.2 Å². The summed E-state index contributed by atoms with van der Waals surface area (Å²) >= 11 is 1.34. The molecule has 28 heavy (non-hydrogen) atoms. The molecule has 7 nitrogen and oxygen atoms in total. The summed E-state index contributed by atoms with van der Waals surface area (Å²) in [5.74, 6) is -0.739. The number of nitrogens with one attached hydrogen (secondary N) is 1. The molecular weight excluding hydrogens is 378 g/mol. The van der Waals surface area contributed by atoms with Crippen LogP contribution in [0.25, 0.3) is 5.65 Å². The van der Waals surface area contributed by atoms with Crippen LogP contribution >= 0.6 is 11.8 Å². The van der Waals surface area contributed by atoms with Crippen LogP contribution in [0.15, 0.2) is 58.2 Å². The summed E-state index contributed by atoms with van der Waals surface area (Å²) < 4.78 is 6.75. The number of aryl methyl sites for hydroxylation is 1. The summed E-state index contributed by atoms with van der Waals surface area (Å²) in [6.45, 7) is 1.70. The number of aromatic nitrogens is 2. The molecule has 0 saturated carbocycles. The van der Waals surface area contributed by atoms with E-state index in [2.05, 4.69) is 10.3 Å². The van der Waals surface area contributed by atoms with Gasteiger partial charge in [0.05, 0.1) is 23.1 Å². The van der Waals surface area contributed by atoms with Gasteiger partial charge in [0, 0.05) is 16.7 Å². The lowest BCUT2D eigenvalue weighted by Gasteiger charge is -2.23. The van der Waals surface area contributed by atoms with Crippen molar-refractivity contribution in [2.75, 3.05) is 5.32 Å². The minimum absolute atomic E-state index is 0.0590. The molecule has 0 spiro atoms. The molecule has 8 heteroatoms. The maximum absolute atomic E-state index is 12.3. The lowest BCUT2D eigenvalue weighted by molar-refractivity contribution is -0.145. The first-order valence-corrected chi connectivity index (χ1v) is 9.60. The molecule has 1 aromatic carbocycles. The smallest absolute Gasteiger partial charge is 0.307 e. The molecule has 142 valence electrons. The van der Waals surface area contributed by atoms with Crippen molar-refractivity contribution in [2.24, 2.45) is 0 Å². The number of para-hydroxylation sites is 1. The van der Waals surface area contributed by atoms with Crippen LogP contribution in [-0.4, -0.2) is 26.5 Å². The van der Waals surface area contributed by atoms with Crippen LogP contribution in [0.1, 0.15) is 17.8 Å². The Labute approximate surface area is 164 Å². The molecule has 4 rings (SSSR count). The maximum Gasteiger partial charge on any atom is 0.307 e. The Balaban J connectivity index is 1.42. The molecule has 1 aliphatic heterocycles. The average molecular weight is 395 g/mol. The van der Waals surface area contributed by atoms with Crippen molar-refractivity contribution >= 4 is 35.0 Å². The second kappa shape index (κ2) is 7.47. The lowest BCUT2D eigenvalue weighted by atomic mass is 10.2. The summed E-state index contributed by atoms with van der Waals surface area (Å²) in [5, 5.41) is 2.24. The zero-order valence-corrected chi connectivity index (χ0v) is 15.9. The quantitative estimate of drug-likeness (QED) is 0.683. The van der Waals surface area contributed by atoms with E-state index in [1.807, 2.05) is 43.3 Å². The number of carbonyl (C=O) groups is 2. The molecule has 0 bridgehead atoms. The second-order valence-electron chi connectivity index (χ2n) is 6.40. The Hall–Kier alpha value is -3.13. The molecule has 1 atom stereocenters. The van der Waals surface area contributed by atoms with E-state index in [-0.39, 0.29) is 24.5 Å². The third kappa shape index (κ3) is 3.63. The monoisotopic (exact) mass is 395 g/mol. The lowest BCUT2D eigenvalue weighted by Crippen LogP contribution is -2.31. The number of pyridine rings is 1. The molecule has 0 aliphatic carbocycles. The van der Waals surface area contributed by atoms with E-state index in [1.54, 1.807) is 6.07 Å². The molecule has 0 radical (unpaired) electrons. The topological polar surface area (TPSA) is 89.8 Å².